The molecule has 0 aliphatic rings. The molecule has 0 aliphatic carbocycles. The summed E-state index contributed by atoms with van der Waals surface area (Å²) in [7, 11) is 4.05. The molecule has 1 amide bonds. The first-order chi connectivity index (χ1) is 18.5. The van der Waals surface area contributed by atoms with E-state index in [2.05, 4.69) is 69.8 Å². The van der Waals surface area contributed by atoms with Crippen LogP contribution in [0.5, 0.6) is 0 Å². The van der Waals surface area contributed by atoms with E-state index in [0.29, 0.717) is 26.2 Å². The first kappa shape index (κ1) is 26.9. The standard InChI is InChI=1S/C31H35N5O2/c1-4-38-21-5-6-22-7-9-25(10-8-22)31-34-29(23-11-15-26(16-12-23)33-28(37)19-20-32)30(35-31)24-13-17-27(18-14-24)36(2)3/h5-18H,4,19-21,32H2,1-3H3,(H,33,37)(H,34,35)/b6-5+. The molecular formula is C31H35N5O2. The van der Waals surface area contributed by atoms with Crippen LogP contribution < -0.4 is 16.0 Å². The molecule has 1 aromatic heterocycles. The number of nitrogens with two attached hydrogens (primary N) is 1. The number of rotatable bonds is 11. The van der Waals surface area contributed by atoms with E-state index in [9.17, 15) is 4.79 Å². The Morgan fingerprint density at radius 3 is 2.26 bits per heavy atom. The topological polar surface area (TPSA) is 96.3 Å². The van der Waals surface area contributed by atoms with E-state index in [4.69, 9.17) is 15.5 Å². The number of aromatic amines is 1. The fourth-order valence-corrected chi connectivity index (χ4v) is 4.04. The number of carbonyl (C=O) groups is 1. The summed E-state index contributed by atoms with van der Waals surface area (Å²) >= 11 is 0. The predicted octanol–water partition coefficient (Wildman–Crippen LogP) is 5.81. The van der Waals surface area contributed by atoms with E-state index >= 15 is 0 Å². The van der Waals surface area contributed by atoms with Gasteiger partial charge in [-0.05, 0) is 36.8 Å². The van der Waals surface area contributed by atoms with Gasteiger partial charge in [-0.15, -0.1) is 0 Å². The quantitative estimate of drug-likeness (QED) is 0.222. The molecule has 7 heteroatoms. The summed E-state index contributed by atoms with van der Waals surface area (Å²) < 4.78 is 5.38. The Morgan fingerprint density at radius 2 is 1.63 bits per heavy atom. The van der Waals surface area contributed by atoms with Crippen molar-refractivity contribution in [3.05, 3.63) is 84.4 Å². The fraction of sp³-hybridized carbons (Fsp3) is 0.226. The molecule has 4 aromatic rings. The fourth-order valence-electron chi connectivity index (χ4n) is 4.04. The van der Waals surface area contributed by atoms with Crippen molar-refractivity contribution in [2.75, 3.05) is 44.1 Å². The highest BCUT2D eigenvalue weighted by Crippen LogP contribution is 2.34. The van der Waals surface area contributed by atoms with E-state index in [-0.39, 0.29) is 5.91 Å². The Balaban J connectivity index is 1.67. The number of carbonyl (C=O) groups excluding carboxylic acids is 1. The lowest BCUT2D eigenvalue weighted by atomic mass is 10.0. The van der Waals surface area contributed by atoms with Crippen molar-refractivity contribution in [2.45, 2.75) is 13.3 Å². The van der Waals surface area contributed by atoms with Crippen LogP contribution in [-0.4, -0.2) is 49.7 Å². The molecule has 4 rings (SSSR count). The number of nitrogens with zero attached hydrogens (tertiary/aromatic N) is 2. The van der Waals surface area contributed by atoms with Gasteiger partial charge in [-0.3, -0.25) is 4.79 Å². The van der Waals surface area contributed by atoms with Crippen LogP contribution in [0.1, 0.15) is 18.9 Å². The lowest BCUT2D eigenvalue weighted by Crippen LogP contribution is -2.15. The molecule has 0 spiro atoms. The third kappa shape index (κ3) is 6.76. The molecule has 0 aliphatic heterocycles. The van der Waals surface area contributed by atoms with Crippen molar-refractivity contribution >= 4 is 23.4 Å². The first-order valence-electron chi connectivity index (χ1n) is 12.8. The van der Waals surface area contributed by atoms with Crippen molar-refractivity contribution in [3.63, 3.8) is 0 Å². The molecule has 7 nitrogen and oxygen atoms in total. The Kier molecular flexibility index (Phi) is 9.08. The van der Waals surface area contributed by atoms with Gasteiger partial charge in [-0.1, -0.05) is 60.7 Å². The second-order valence-electron chi connectivity index (χ2n) is 9.10. The molecular weight excluding hydrogens is 474 g/mol. The van der Waals surface area contributed by atoms with Gasteiger partial charge in [0.05, 0.1) is 18.0 Å². The van der Waals surface area contributed by atoms with Crippen LogP contribution in [0.25, 0.3) is 40.0 Å². The maximum Gasteiger partial charge on any atom is 0.225 e. The van der Waals surface area contributed by atoms with Crippen LogP contribution in [0.2, 0.25) is 0 Å². The highest BCUT2D eigenvalue weighted by atomic mass is 16.5. The molecule has 38 heavy (non-hydrogen) atoms. The molecule has 3 aromatic carbocycles. The third-order valence-electron chi connectivity index (χ3n) is 6.10. The van der Waals surface area contributed by atoms with E-state index in [1.165, 1.54) is 0 Å². The number of aromatic nitrogens is 2. The van der Waals surface area contributed by atoms with Gasteiger partial charge in [0.2, 0.25) is 5.91 Å². The summed E-state index contributed by atoms with van der Waals surface area (Å²) in [5.74, 6) is 0.693. The number of amides is 1. The molecule has 0 saturated carbocycles. The zero-order chi connectivity index (χ0) is 26.9. The summed E-state index contributed by atoms with van der Waals surface area (Å²) in [6, 6.07) is 24.4. The van der Waals surface area contributed by atoms with Crippen LogP contribution in [0.4, 0.5) is 11.4 Å². The van der Waals surface area contributed by atoms with Gasteiger partial charge in [0.15, 0.2) is 0 Å². The molecule has 196 valence electrons. The number of benzene rings is 3. The number of nitrogens with one attached hydrogen (secondary N) is 2. The molecule has 0 atom stereocenters. The number of ether oxygens (including phenoxy) is 1. The van der Waals surface area contributed by atoms with Gasteiger partial charge in [-0.2, -0.15) is 0 Å². The molecule has 0 fully saturated rings. The Morgan fingerprint density at radius 1 is 0.974 bits per heavy atom. The monoisotopic (exact) mass is 509 g/mol. The van der Waals surface area contributed by atoms with Crippen LogP contribution in [0, 0.1) is 0 Å². The molecule has 0 saturated heterocycles. The maximum absolute atomic E-state index is 11.9. The number of H-pyrrole nitrogens is 1. The highest BCUT2D eigenvalue weighted by molar-refractivity contribution is 5.91. The lowest BCUT2D eigenvalue weighted by Gasteiger charge is -2.12. The minimum atomic E-state index is -0.0954. The largest absolute Gasteiger partial charge is 0.378 e. The minimum absolute atomic E-state index is 0.0954. The van der Waals surface area contributed by atoms with E-state index in [1.807, 2.05) is 51.4 Å². The summed E-state index contributed by atoms with van der Waals surface area (Å²) in [6.45, 7) is 3.61. The van der Waals surface area contributed by atoms with Crippen LogP contribution in [-0.2, 0) is 9.53 Å². The number of hydrogen-bond donors (Lipinski definition) is 3. The molecule has 0 radical (unpaired) electrons. The second-order valence-corrected chi connectivity index (χ2v) is 9.10. The Hall–Kier alpha value is -4.20. The zero-order valence-corrected chi connectivity index (χ0v) is 22.2. The molecule has 4 N–H and O–H groups in total. The van der Waals surface area contributed by atoms with E-state index in [1.54, 1.807) is 0 Å². The van der Waals surface area contributed by atoms with Gasteiger partial charge in [0.25, 0.3) is 0 Å². The summed E-state index contributed by atoms with van der Waals surface area (Å²) in [5, 5.41) is 2.88. The maximum atomic E-state index is 11.9. The zero-order valence-electron chi connectivity index (χ0n) is 22.2. The second kappa shape index (κ2) is 12.9. The van der Waals surface area contributed by atoms with Gasteiger partial charge >= 0.3 is 0 Å². The lowest BCUT2D eigenvalue weighted by molar-refractivity contribution is -0.116. The van der Waals surface area contributed by atoms with Gasteiger partial charge < -0.3 is 25.7 Å². The van der Waals surface area contributed by atoms with E-state index in [0.717, 1.165) is 50.8 Å². The van der Waals surface area contributed by atoms with Crippen molar-refractivity contribution in [1.82, 2.24) is 9.97 Å². The first-order valence-corrected chi connectivity index (χ1v) is 12.8. The van der Waals surface area contributed by atoms with Crippen LogP contribution >= 0.6 is 0 Å². The molecule has 1 heterocycles. The summed E-state index contributed by atoms with van der Waals surface area (Å²) in [4.78, 5) is 22.6. The molecule has 0 bridgehead atoms. The average Bonchev–Trinajstić information content (AvgIpc) is 3.37. The Bertz CT molecular complexity index is 1360. The third-order valence-corrected chi connectivity index (χ3v) is 6.10. The van der Waals surface area contributed by atoms with E-state index < -0.39 is 0 Å². The van der Waals surface area contributed by atoms with Crippen molar-refractivity contribution in [1.29, 1.82) is 0 Å². The van der Waals surface area contributed by atoms with Crippen molar-refractivity contribution < 1.29 is 9.53 Å². The van der Waals surface area contributed by atoms with Crippen molar-refractivity contribution in [3.8, 4) is 33.9 Å². The normalized spacial score (nSPS) is 11.2. The Labute approximate surface area is 224 Å². The minimum Gasteiger partial charge on any atom is -0.378 e. The van der Waals surface area contributed by atoms with Gasteiger partial charge in [0.1, 0.15) is 5.82 Å². The van der Waals surface area contributed by atoms with Gasteiger partial charge in [-0.25, -0.2) is 4.98 Å². The predicted molar refractivity (Wildman–Crippen MR) is 157 cm³/mol. The average molecular weight is 510 g/mol. The highest BCUT2D eigenvalue weighted by Gasteiger charge is 2.16. The smallest absolute Gasteiger partial charge is 0.225 e. The van der Waals surface area contributed by atoms with Gasteiger partial charge in [0, 0.05) is 61.7 Å². The SMILES string of the molecule is CCOC/C=C/c1ccc(-c2nc(-c3ccc(N(C)C)cc3)c(-c3ccc(NC(=O)CCN)cc3)[nH]2)cc1. The summed E-state index contributed by atoms with van der Waals surface area (Å²) in [6.07, 6.45) is 4.36. The number of imidazole rings is 1. The summed E-state index contributed by atoms with van der Waals surface area (Å²) in [5.41, 5.74) is 13.2. The van der Waals surface area contributed by atoms with Crippen molar-refractivity contribution in [2.24, 2.45) is 5.73 Å². The molecule has 0 unspecified atom stereocenters. The number of anilines is 2. The number of hydrogen-bond acceptors (Lipinski definition) is 5. The van der Waals surface area contributed by atoms with Crippen LogP contribution in [0.3, 0.4) is 0 Å². The van der Waals surface area contributed by atoms with Crippen LogP contribution in [0.15, 0.2) is 78.9 Å².